The molecule has 10 heteroatoms. The molecule has 34 heavy (non-hydrogen) atoms. The second kappa shape index (κ2) is 8.83. The van der Waals surface area contributed by atoms with E-state index in [2.05, 4.69) is 45.8 Å². The molecular formula is C24H24N8OS. The second-order valence-electron chi connectivity index (χ2n) is 8.84. The Balaban J connectivity index is 1.45. The molecule has 0 saturated heterocycles. The Kier molecular flexibility index (Phi) is 5.71. The van der Waals surface area contributed by atoms with Crippen molar-refractivity contribution in [3.05, 3.63) is 47.2 Å². The normalized spacial score (nSPS) is 17.4. The van der Waals surface area contributed by atoms with E-state index in [1.807, 2.05) is 24.4 Å². The van der Waals surface area contributed by atoms with Crippen molar-refractivity contribution in [1.82, 2.24) is 30.1 Å². The zero-order chi connectivity index (χ0) is 23.8. The highest BCUT2D eigenvalue weighted by Crippen LogP contribution is 2.41. The van der Waals surface area contributed by atoms with Crippen molar-refractivity contribution in [3.63, 3.8) is 0 Å². The number of rotatable bonds is 6. The number of pyridine rings is 1. The van der Waals surface area contributed by atoms with Crippen LogP contribution in [-0.4, -0.2) is 42.8 Å². The summed E-state index contributed by atoms with van der Waals surface area (Å²) in [5.74, 6) is 0.335. The van der Waals surface area contributed by atoms with Gasteiger partial charge in [-0.1, -0.05) is 11.3 Å². The molecule has 0 radical (unpaired) electrons. The van der Waals surface area contributed by atoms with E-state index in [-0.39, 0.29) is 18.0 Å². The van der Waals surface area contributed by atoms with E-state index in [1.165, 1.54) is 0 Å². The molecule has 2 N–H and O–H groups in total. The number of carbonyl (C=O) groups excluding carboxylic acids is 1. The van der Waals surface area contributed by atoms with Gasteiger partial charge in [-0.05, 0) is 51.0 Å². The summed E-state index contributed by atoms with van der Waals surface area (Å²) in [5.41, 5.74) is 4.80. The molecule has 1 saturated carbocycles. The van der Waals surface area contributed by atoms with Gasteiger partial charge in [-0.25, -0.2) is 4.52 Å². The van der Waals surface area contributed by atoms with Gasteiger partial charge < -0.3 is 10.6 Å². The van der Waals surface area contributed by atoms with E-state index < -0.39 is 0 Å². The number of amides is 1. The predicted octanol–water partition coefficient (Wildman–Crippen LogP) is 3.99. The number of fused-ring (bicyclic) bond motifs is 1. The standard InChI is InChI=1S/C24H24N8OS/c1-13(2)28-20-9-21(22-5-4-18-6-15(10-25)11-27-32(18)22)26-12-19(20)24-31-30-23(34-24)16-7-17(8-16)29-14(3)33/h4-6,9,11-13,16-17H,7-8H2,1-3H3,(H,26,28)(H,29,33). The van der Waals surface area contributed by atoms with Gasteiger partial charge in [0.05, 0.1) is 34.2 Å². The first kappa shape index (κ1) is 22.0. The molecule has 1 aliphatic carbocycles. The third-order valence-corrected chi connectivity index (χ3v) is 6.92. The molecule has 172 valence electrons. The summed E-state index contributed by atoms with van der Waals surface area (Å²) >= 11 is 1.58. The topological polar surface area (TPSA) is 121 Å². The van der Waals surface area contributed by atoms with Crippen molar-refractivity contribution < 1.29 is 4.79 Å². The summed E-state index contributed by atoms with van der Waals surface area (Å²) in [6.45, 7) is 5.72. The molecule has 5 rings (SSSR count). The Labute approximate surface area is 200 Å². The Morgan fingerprint density at radius 1 is 1.24 bits per heavy atom. The Morgan fingerprint density at radius 2 is 2.06 bits per heavy atom. The minimum Gasteiger partial charge on any atom is -0.382 e. The van der Waals surface area contributed by atoms with Gasteiger partial charge in [0.1, 0.15) is 11.1 Å². The van der Waals surface area contributed by atoms with Crippen LogP contribution in [0.3, 0.4) is 0 Å². The van der Waals surface area contributed by atoms with Crippen LogP contribution >= 0.6 is 11.3 Å². The summed E-state index contributed by atoms with van der Waals surface area (Å²) in [7, 11) is 0. The van der Waals surface area contributed by atoms with Crippen molar-refractivity contribution in [1.29, 1.82) is 5.26 Å². The molecule has 9 nitrogen and oxygen atoms in total. The van der Waals surface area contributed by atoms with Gasteiger partial charge >= 0.3 is 0 Å². The fourth-order valence-corrected chi connectivity index (χ4v) is 5.18. The predicted molar refractivity (Wildman–Crippen MR) is 130 cm³/mol. The SMILES string of the molecule is CC(=O)NC1CC(c2nnc(-c3cnc(-c4ccc5cc(C#N)cnn45)cc3NC(C)C)s2)C1. The average molecular weight is 473 g/mol. The van der Waals surface area contributed by atoms with Crippen LogP contribution in [0.15, 0.2) is 36.7 Å². The number of hydrogen-bond acceptors (Lipinski definition) is 8. The van der Waals surface area contributed by atoms with Gasteiger partial charge in [0.25, 0.3) is 0 Å². The van der Waals surface area contributed by atoms with E-state index in [0.29, 0.717) is 11.5 Å². The number of carbonyl (C=O) groups is 1. The molecule has 0 bridgehead atoms. The molecular weight excluding hydrogens is 448 g/mol. The maximum absolute atomic E-state index is 11.3. The maximum atomic E-state index is 11.3. The smallest absolute Gasteiger partial charge is 0.217 e. The molecule has 0 atom stereocenters. The van der Waals surface area contributed by atoms with E-state index in [4.69, 9.17) is 10.2 Å². The summed E-state index contributed by atoms with van der Waals surface area (Å²) in [4.78, 5) is 16.0. The fourth-order valence-electron chi connectivity index (χ4n) is 4.18. The molecule has 4 aromatic heterocycles. The molecule has 1 amide bonds. The molecule has 1 aliphatic rings. The number of aromatic nitrogens is 5. The number of nitrogens with one attached hydrogen (secondary N) is 2. The molecule has 4 aromatic rings. The van der Waals surface area contributed by atoms with Gasteiger partial charge in [0.15, 0.2) is 5.01 Å². The van der Waals surface area contributed by atoms with E-state index in [1.54, 1.807) is 35.0 Å². The largest absolute Gasteiger partial charge is 0.382 e. The van der Waals surface area contributed by atoms with E-state index in [0.717, 1.165) is 51.0 Å². The van der Waals surface area contributed by atoms with E-state index >= 15 is 0 Å². The lowest BCUT2D eigenvalue weighted by atomic mass is 9.81. The van der Waals surface area contributed by atoms with Gasteiger partial charge in [0, 0.05) is 36.8 Å². The van der Waals surface area contributed by atoms with Crippen molar-refractivity contribution >= 4 is 28.4 Å². The number of anilines is 1. The first-order chi connectivity index (χ1) is 16.4. The number of nitrogens with zero attached hydrogens (tertiary/aromatic N) is 6. The molecule has 0 aromatic carbocycles. The molecule has 1 fully saturated rings. The zero-order valence-corrected chi connectivity index (χ0v) is 19.9. The zero-order valence-electron chi connectivity index (χ0n) is 19.1. The Morgan fingerprint density at radius 3 is 2.79 bits per heavy atom. The minimum absolute atomic E-state index is 0.00781. The number of hydrogen-bond donors (Lipinski definition) is 2. The van der Waals surface area contributed by atoms with Gasteiger partial charge in [-0.15, -0.1) is 10.2 Å². The van der Waals surface area contributed by atoms with Crippen molar-refractivity contribution in [2.45, 2.75) is 51.6 Å². The lowest BCUT2D eigenvalue weighted by Crippen LogP contribution is -2.42. The summed E-state index contributed by atoms with van der Waals surface area (Å²) in [6.07, 6.45) is 5.17. The van der Waals surface area contributed by atoms with Crippen molar-refractivity contribution in [3.8, 4) is 28.0 Å². The van der Waals surface area contributed by atoms with Crippen LogP contribution < -0.4 is 10.6 Å². The third kappa shape index (κ3) is 4.22. The highest BCUT2D eigenvalue weighted by atomic mass is 32.1. The van der Waals surface area contributed by atoms with Crippen LogP contribution in [0.5, 0.6) is 0 Å². The van der Waals surface area contributed by atoms with Crippen LogP contribution in [0.4, 0.5) is 5.69 Å². The monoisotopic (exact) mass is 472 g/mol. The summed E-state index contributed by atoms with van der Waals surface area (Å²) < 4.78 is 1.78. The Hall–Kier alpha value is -3.84. The van der Waals surface area contributed by atoms with Crippen LogP contribution in [0.2, 0.25) is 0 Å². The molecule has 0 spiro atoms. The number of nitriles is 1. The summed E-state index contributed by atoms with van der Waals surface area (Å²) in [6, 6.07) is 10.3. The van der Waals surface area contributed by atoms with Crippen molar-refractivity contribution in [2.24, 2.45) is 0 Å². The fraction of sp³-hybridized carbons (Fsp3) is 0.333. The summed E-state index contributed by atoms with van der Waals surface area (Å²) in [5, 5.41) is 30.7. The molecule has 4 heterocycles. The van der Waals surface area contributed by atoms with Crippen LogP contribution in [0, 0.1) is 11.3 Å². The van der Waals surface area contributed by atoms with Gasteiger partial charge in [-0.2, -0.15) is 10.4 Å². The molecule has 0 aliphatic heterocycles. The van der Waals surface area contributed by atoms with Gasteiger partial charge in [0.2, 0.25) is 5.91 Å². The first-order valence-corrected chi connectivity index (χ1v) is 12.0. The highest BCUT2D eigenvalue weighted by Gasteiger charge is 2.33. The van der Waals surface area contributed by atoms with Crippen LogP contribution in [-0.2, 0) is 4.79 Å². The molecule has 0 unspecified atom stereocenters. The lowest BCUT2D eigenvalue weighted by molar-refractivity contribution is -0.120. The lowest BCUT2D eigenvalue weighted by Gasteiger charge is -2.33. The van der Waals surface area contributed by atoms with Gasteiger partial charge in [-0.3, -0.25) is 9.78 Å². The Bertz CT molecular complexity index is 1410. The highest BCUT2D eigenvalue weighted by molar-refractivity contribution is 7.14. The van der Waals surface area contributed by atoms with Crippen LogP contribution in [0.1, 0.15) is 50.1 Å². The average Bonchev–Trinajstić information content (AvgIpc) is 3.42. The van der Waals surface area contributed by atoms with E-state index in [9.17, 15) is 4.79 Å². The quantitative estimate of drug-likeness (QED) is 0.435. The second-order valence-corrected chi connectivity index (χ2v) is 9.85. The van der Waals surface area contributed by atoms with Crippen molar-refractivity contribution in [2.75, 3.05) is 5.32 Å². The third-order valence-electron chi connectivity index (χ3n) is 5.81. The first-order valence-electron chi connectivity index (χ1n) is 11.2. The van der Waals surface area contributed by atoms with Crippen LogP contribution in [0.25, 0.3) is 27.5 Å². The minimum atomic E-state index is 0.00781. The maximum Gasteiger partial charge on any atom is 0.217 e.